The molecule has 0 aromatic rings. The average Bonchev–Trinajstić information content (AvgIpc) is 1.86. The summed E-state index contributed by atoms with van der Waals surface area (Å²) in [6.07, 6.45) is -4.22. The van der Waals surface area contributed by atoms with Gasteiger partial charge in [-0.05, 0) is 0 Å². The van der Waals surface area contributed by atoms with Gasteiger partial charge >= 0.3 is 6.18 Å². The van der Waals surface area contributed by atoms with Crippen LogP contribution in [0.25, 0.3) is 0 Å². The molecule has 1 unspecified atom stereocenters. The highest BCUT2D eigenvalue weighted by atomic mass is 19.4. The highest BCUT2D eigenvalue weighted by Gasteiger charge is 2.43. The molecule has 0 spiro atoms. The van der Waals surface area contributed by atoms with Gasteiger partial charge in [0, 0.05) is 19.6 Å². The fraction of sp³-hybridized carbons (Fsp3) is 1.00. The first-order valence-electron chi connectivity index (χ1n) is 3.30. The third-order valence-electron chi connectivity index (χ3n) is 1.66. The third-order valence-corrected chi connectivity index (χ3v) is 1.66. The molecule has 1 atom stereocenters. The number of nitrogens with one attached hydrogen (secondary N) is 1. The van der Waals surface area contributed by atoms with Gasteiger partial charge in [-0.25, -0.2) is 5.01 Å². The normalized spacial score (nSPS) is 28.9. The van der Waals surface area contributed by atoms with Crippen molar-refractivity contribution in [3.05, 3.63) is 0 Å². The monoisotopic (exact) mass is 169 g/mol. The molecule has 0 aliphatic carbocycles. The second-order valence-corrected chi connectivity index (χ2v) is 2.50. The lowest BCUT2D eigenvalue weighted by atomic mass is 10.2. The van der Waals surface area contributed by atoms with E-state index in [9.17, 15) is 13.2 Å². The topological polar surface area (TPSA) is 41.3 Å². The zero-order valence-electron chi connectivity index (χ0n) is 5.86. The van der Waals surface area contributed by atoms with Crippen molar-refractivity contribution >= 4 is 0 Å². The van der Waals surface area contributed by atoms with E-state index in [1.165, 1.54) is 0 Å². The van der Waals surface area contributed by atoms with Crippen molar-refractivity contribution in [3.63, 3.8) is 0 Å². The van der Waals surface area contributed by atoms with Crippen molar-refractivity contribution in [2.24, 2.45) is 5.84 Å². The number of rotatable bonds is 0. The van der Waals surface area contributed by atoms with E-state index in [0.29, 0.717) is 6.54 Å². The number of alkyl halides is 3. The van der Waals surface area contributed by atoms with Crippen LogP contribution in [-0.4, -0.2) is 36.9 Å². The Morgan fingerprint density at radius 2 is 2.09 bits per heavy atom. The molecule has 1 fully saturated rings. The molecule has 11 heavy (non-hydrogen) atoms. The molecular weight excluding hydrogens is 159 g/mol. The summed E-state index contributed by atoms with van der Waals surface area (Å²) in [4.78, 5) is 0. The quantitative estimate of drug-likeness (QED) is 0.489. The zero-order valence-corrected chi connectivity index (χ0v) is 5.86. The number of piperazine rings is 1. The lowest BCUT2D eigenvalue weighted by Crippen LogP contribution is -2.60. The van der Waals surface area contributed by atoms with Gasteiger partial charge in [-0.2, -0.15) is 13.2 Å². The number of hydrogen-bond acceptors (Lipinski definition) is 3. The maximum atomic E-state index is 12.0. The van der Waals surface area contributed by atoms with Crippen LogP contribution in [-0.2, 0) is 0 Å². The maximum absolute atomic E-state index is 12.0. The standard InChI is InChI=1S/C5H10F3N3/c6-5(7,8)4-3-10-1-2-11(4)9/h4,10H,1-3,9H2. The highest BCUT2D eigenvalue weighted by molar-refractivity contribution is 4.81. The molecule has 1 heterocycles. The predicted molar refractivity (Wildman–Crippen MR) is 33.6 cm³/mol. The van der Waals surface area contributed by atoms with Crippen LogP contribution in [0.5, 0.6) is 0 Å². The lowest BCUT2D eigenvalue weighted by Gasteiger charge is -2.33. The van der Waals surface area contributed by atoms with Crippen LogP contribution in [0, 0.1) is 0 Å². The van der Waals surface area contributed by atoms with Crippen molar-refractivity contribution in [2.75, 3.05) is 19.6 Å². The van der Waals surface area contributed by atoms with Gasteiger partial charge in [0.1, 0.15) is 6.04 Å². The number of hydrogen-bond donors (Lipinski definition) is 2. The van der Waals surface area contributed by atoms with E-state index < -0.39 is 12.2 Å². The second kappa shape index (κ2) is 2.96. The molecule has 0 aromatic carbocycles. The molecule has 0 amide bonds. The molecule has 0 radical (unpaired) electrons. The summed E-state index contributed by atoms with van der Waals surface area (Å²) < 4.78 is 36.1. The van der Waals surface area contributed by atoms with Crippen molar-refractivity contribution < 1.29 is 13.2 Å². The third kappa shape index (κ3) is 2.05. The zero-order chi connectivity index (χ0) is 8.48. The first kappa shape index (κ1) is 8.76. The Bertz CT molecular complexity index is 135. The molecule has 1 saturated heterocycles. The van der Waals surface area contributed by atoms with Crippen LogP contribution in [0.2, 0.25) is 0 Å². The van der Waals surface area contributed by atoms with Gasteiger partial charge in [0.2, 0.25) is 0 Å². The first-order chi connectivity index (χ1) is 5.02. The van der Waals surface area contributed by atoms with Crippen molar-refractivity contribution in [1.29, 1.82) is 0 Å². The largest absolute Gasteiger partial charge is 0.406 e. The van der Waals surface area contributed by atoms with Gasteiger partial charge in [-0.15, -0.1) is 0 Å². The van der Waals surface area contributed by atoms with Crippen molar-refractivity contribution in [3.8, 4) is 0 Å². The van der Waals surface area contributed by atoms with E-state index in [4.69, 9.17) is 5.84 Å². The van der Waals surface area contributed by atoms with Crippen LogP contribution in [0.4, 0.5) is 13.2 Å². The number of nitrogens with two attached hydrogens (primary N) is 1. The number of halogens is 3. The van der Waals surface area contributed by atoms with E-state index in [-0.39, 0.29) is 13.1 Å². The van der Waals surface area contributed by atoms with E-state index in [1.807, 2.05) is 0 Å². The molecule has 0 aromatic heterocycles. The summed E-state index contributed by atoms with van der Waals surface area (Å²) in [6.45, 7) is 0.646. The molecule has 1 aliphatic rings. The molecule has 1 aliphatic heterocycles. The molecule has 6 heteroatoms. The fourth-order valence-corrected chi connectivity index (χ4v) is 1.02. The van der Waals surface area contributed by atoms with Gasteiger partial charge in [-0.1, -0.05) is 0 Å². The summed E-state index contributed by atoms with van der Waals surface area (Å²) in [5.74, 6) is 5.14. The van der Waals surface area contributed by atoms with Gasteiger partial charge in [0.05, 0.1) is 0 Å². The molecule has 0 bridgehead atoms. The van der Waals surface area contributed by atoms with Crippen molar-refractivity contribution in [1.82, 2.24) is 10.3 Å². The van der Waals surface area contributed by atoms with Crippen LogP contribution in [0.1, 0.15) is 0 Å². The Kier molecular flexibility index (Phi) is 2.36. The second-order valence-electron chi connectivity index (χ2n) is 2.50. The molecule has 0 saturated carbocycles. The Balaban J connectivity index is 2.55. The van der Waals surface area contributed by atoms with E-state index >= 15 is 0 Å². The van der Waals surface area contributed by atoms with Crippen LogP contribution >= 0.6 is 0 Å². The Labute approximate surface area is 62.3 Å². The summed E-state index contributed by atoms with van der Waals surface area (Å²) in [5, 5.41) is 3.46. The predicted octanol–water partition coefficient (Wildman–Crippen LogP) is -0.304. The number of nitrogens with zero attached hydrogens (tertiary/aromatic N) is 1. The number of hydrazine groups is 1. The Morgan fingerprint density at radius 3 is 2.45 bits per heavy atom. The molecule has 1 rings (SSSR count). The smallest absolute Gasteiger partial charge is 0.313 e. The molecular formula is C5H10F3N3. The Hall–Kier alpha value is -0.330. The maximum Gasteiger partial charge on any atom is 0.406 e. The van der Waals surface area contributed by atoms with Crippen LogP contribution in [0.15, 0.2) is 0 Å². The minimum Gasteiger partial charge on any atom is -0.313 e. The van der Waals surface area contributed by atoms with Crippen LogP contribution < -0.4 is 11.2 Å². The van der Waals surface area contributed by atoms with Crippen molar-refractivity contribution in [2.45, 2.75) is 12.2 Å². The van der Waals surface area contributed by atoms with E-state index in [0.717, 1.165) is 5.01 Å². The highest BCUT2D eigenvalue weighted by Crippen LogP contribution is 2.23. The van der Waals surface area contributed by atoms with Gasteiger partial charge in [0.15, 0.2) is 0 Å². The Morgan fingerprint density at radius 1 is 1.45 bits per heavy atom. The van der Waals surface area contributed by atoms with Gasteiger partial charge in [0.25, 0.3) is 0 Å². The minimum absolute atomic E-state index is 0.111. The SMILES string of the molecule is NN1CCNCC1C(F)(F)F. The summed E-state index contributed by atoms with van der Waals surface area (Å²) in [5.41, 5.74) is 0. The lowest BCUT2D eigenvalue weighted by molar-refractivity contribution is -0.187. The molecule has 66 valence electrons. The van der Waals surface area contributed by atoms with Gasteiger partial charge < -0.3 is 5.32 Å². The summed E-state index contributed by atoms with van der Waals surface area (Å²) in [6, 6.07) is -1.53. The summed E-state index contributed by atoms with van der Waals surface area (Å²) in [7, 11) is 0. The van der Waals surface area contributed by atoms with Crippen LogP contribution in [0.3, 0.4) is 0 Å². The minimum atomic E-state index is -4.22. The van der Waals surface area contributed by atoms with E-state index in [2.05, 4.69) is 5.32 Å². The van der Waals surface area contributed by atoms with E-state index in [1.54, 1.807) is 0 Å². The average molecular weight is 169 g/mol. The summed E-state index contributed by atoms with van der Waals surface area (Å²) >= 11 is 0. The first-order valence-corrected chi connectivity index (χ1v) is 3.30. The van der Waals surface area contributed by atoms with Gasteiger partial charge in [-0.3, -0.25) is 5.84 Å². The molecule has 3 nitrogen and oxygen atoms in total. The fourth-order valence-electron chi connectivity index (χ4n) is 1.02. The molecule has 3 N–H and O–H groups in total.